The fraction of sp³-hybridized carbons (Fsp3) is 0.467. The summed E-state index contributed by atoms with van der Waals surface area (Å²) in [6.45, 7) is 1.89. The first kappa shape index (κ1) is 13.7. The van der Waals surface area contributed by atoms with Gasteiger partial charge >= 0.3 is 0 Å². The fourth-order valence-corrected chi connectivity index (χ4v) is 2.28. The van der Waals surface area contributed by atoms with Gasteiger partial charge in [-0.3, -0.25) is 9.78 Å². The Morgan fingerprint density at radius 1 is 1.53 bits per heavy atom. The van der Waals surface area contributed by atoms with Crippen LogP contribution in [0.25, 0.3) is 0 Å². The summed E-state index contributed by atoms with van der Waals surface area (Å²) < 4.78 is 0. The third-order valence-electron chi connectivity index (χ3n) is 3.61. The average molecular weight is 260 g/mol. The van der Waals surface area contributed by atoms with E-state index in [9.17, 15) is 9.90 Å². The van der Waals surface area contributed by atoms with Gasteiger partial charge in [-0.05, 0) is 30.9 Å². The van der Waals surface area contributed by atoms with Gasteiger partial charge in [0.1, 0.15) is 0 Å². The van der Waals surface area contributed by atoms with Crippen LogP contribution >= 0.6 is 0 Å². The number of carbonyl (C=O) groups excluding carboxylic acids is 1. The number of aromatic nitrogens is 1. The lowest BCUT2D eigenvalue weighted by Crippen LogP contribution is -2.45. The van der Waals surface area contributed by atoms with Gasteiger partial charge in [0, 0.05) is 12.4 Å². The standard InChI is InChI=1S/C15H20N2O2/c1-15(6-2-3-7-15)14(19)17-13(11-18)9-12-5-4-8-16-10-12/h2-5,8,10,13,18H,6-7,9,11H2,1H3,(H,17,19). The summed E-state index contributed by atoms with van der Waals surface area (Å²) in [7, 11) is 0. The van der Waals surface area contributed by atoms with Gasteiger partial charge in [-0.25, -0.2) is 0 Å². The first-order valence-corrected chi connectivity index (χ1v) is 6.60. The minimum absolute atomic E-state index is 0.0143. The third-order valence-corrected chi connectivity index (χ3v) is 3.61. The highest BCUT2D eigenvalue weighted by Gasteiger charge is 2.34. The molecule has 0 fully saturated rings. The quantitative estimate of drug-likeness (QED) is 0.788. The van der Waals surface area contributed by atoms with Crippen molar-refractivity contribution in [3.05, 3.63) is 42.2 Å². The maximum atomic E-state index is 12.2. The van der Waals surface area contributed by atoms with Gasteiger partial charge < -0.3 is 10.4 Å². The highest BCUT2D eigenvalue weighted by molar-refractivity contribution is 5.83. The Kier molecular flexibility index (Phi) is 4.32. The second-order valence-corrected chi connectivity index (χ2v) is 5.36. The van der Waals surface area contributed by atoms with Crippen LogP contribution in [0.3, 0.4) is 0 Å². The smallest absolute Gasteiger partial charge is 0.226 e. The lowest BCUT2D eigenvalue weighted by atomic mass is 9.86. The van der Waals surface area contributed by atoms with Crippen molar-refractivity contribution in [1.82, 2.24) is 10.3 Å². The summed E-state index contributed by atoms with van der Waals surface area (Å²) in [5.74, 6) is 0.0143. The Labute approximate surface area is 113 Å². The molecule has 1 atom stereocenters. The molecular formula is C15H20N2O2. The summed E-state index contributed by atoms with van der Waals surface area (Å²) in [5, 5.41) is 12.4. The second-order valence-electron chi connectivity index (χ2n) is 5.36. The van der Waals surface area contributed by atoms with E-state index in [0.717, 1.165) is 18.4 Å². The van der Waals surface area contributed by atoms with Gasteiger partial charge in [0.2, 0.25) is 5.91 Å². The summed E-state index contributed by atoms with van der Waals surface area (Å²) in [6.07, 6.45) is 9.67. The van der Waals surface area contributed by atoms with Crippen LogP contribution < -0.4 is 5.32 Å². The highest BCUT2D eigenvalue weighted by Crippen LogP contribution is 2.32. The van der Waals surface area contributed by atoms with E-state index in [4.69, 9.17) is 0 Å². The monoisotopic (exact) mass is 260 g/mol. The molecule has 4 nitrogen and oxygen atoms in total. The zero-order valence-electron chi connectivity index (χ0n) is 11.2. The Morgan fingerprint density at radius 2 is 2.26 bits per heavy atom. The molecule has 2 N–H and O–H groups in total. The van der Waals surface area contributed by atoms with E-state index in [0.29, 0.717) is 6.42 Å². The van der Waals surface area contributed by atoms with Crippen LogP contribution in [-0.2, 0) is 11.2 Å². The molecule has 102 valence electrons. The van der Waals surface area contributed by atoms with Crippen molar-refractivity contribution in [1.29, 1.82) is 0 Å². The number of pyridine rings is 1. The average Bonchev–Trinajstić information content (AvgIpc) is 2.87. The number of hydrogen-bond donors (Lipinski definition) is 2. The van der Waals surface area contributed by atoms with E-state index in [1.807, 2.05) is 31.2 Å². The minimum atomic E-state index is -0.359. The van der Waals surface area contributed by atoms with Gasteiger partial charge in [-0.15, -0.1) is 0 Å². The molecule has 2 rings (SSSR count). The molecular weight excluding hydrogens is 240 g/mol. The molecule has 0 aromatic carbocycles. The molecule has 1 aliphatic rings. The van der Waals surface area contributed by atoms with E-state index < -0.39 is 0 Å². The molecule has 0 spiro atoms. The Bertz CT molecular complexity index is 448. The molecule has 1 heterocycles. The van der Waals surface area contributed by atoms with Crippen molar-refractivity contribution in [2.75, 3.05) is 6.61 Å². The number of nitrogens with zero attached hydrogens (tertiary/aromatic N) is 1. The Morgan fingerprint density at radius 3 is 2.84 bits per heavy atom. The predicted octanol–water partition coefficient (Wildman–Crippen LogP) is 1.46. The van der Waals surface area contributed by atoms with Gasteiger partial charge in [0.25, 0.3) is 0 Å². The van der Waals surface area contributed by atoms with E-state index in [1.54, 1.807) is 12.4 Å². The van der Waals surface area contributed by atoms with Crippen molar-refractivity contribution in [3.8, 4) is 0 Å². The summed E-state index contributed by atoms with van der Waals surface area (Å²) in [6, 6.07) is 3.54. The van der Waals surface area contributed by atoms with Crippen LogP contribution in [-0.4, -0.2) is 28.6 Å². The SMILES string of the molecule is CC1(C(=O)NC(CO)Cc2cccnc2)CC=CC1. The normalized spacial score (nSPS) is 18.2. The van der Waals surface area contributed by atoms with Gasteiger partial charge in [-0.2, -0.15) is 0 Å². The minimum Gasteiger partial charge on any atom is -0.394 e. The lowest BCUT2D eigenvalue weighted by Gasteiger charge is -2.26. The molecule has 0 bridgehead atoms. The van der Waals surface area contributed by atoms with Crippen LogP contribution in [0.5, 0.6) is 0 Å². The molecule has 1 aliphatic carbocycles. The van der Waals surface area contributed by atoms with Crippen LogP contribution in [0, 0.1) is 5.41 Å². The molecule has 0 saturated heterocycles. The Balaban J connectivity index is 1.94. The largest absolute Gasteiger partial charge is 0.394 e. The second kappa shape index (κ2) is 5.97. The van der Waals surface area contributed by atoms with Crippen LogP contribution in [0.4, 0.5) is 0 Å². The van der Waals surface area contributed by atoms with Gasteiger partial charge in [-0.1, -0.05) is 25.1 Å². The molecule has 4 heteroatoms. The number of aliphatic hydroxyl groups excluding tert-OH is 1. The van der Waals surface area contributed by atoms with Gasteiger partial charge in [0.05, 0.1) is 18.1 Å². The molecule has 0 radical (unpaired) electrons. The number of nitrogens with one attached hydrogen (secondary N) is 1. The number of allylic oxidation sites excluding steroid dienone is 2. The molecule has 1 unspecified atom stereocenters. The van der Waals surface area contributed by atoms with Crippen molar-refractivity contribution >= 4 is 5.91 Å². The predicted molar refractivity (Wildman–Crippen MR) is 73.4 cm³/mol. The van der Waals surface area contributed by atoms with E-state index >= 15 is 0 Å². The van der Waals surface area contributed by atoms with Crippen molar-refractivity contribution in [3.63, 3.8) is 0 Å². The third kappa shape index (κ3) is 3.41. The van der Waals surface area contributed by atoms with Crippen LogP contribution in [0.1, 0.15) is 25.3 Å². The van der Waals surface area contributed by atoms with Crippen LogP contribution in [0.15, 0.2) is 36.7 Å². The van der Waals surface area contributed by atoms with E-state index in [2.05, 4.69) is 10.3 Å². The van der Waals surface area contributed by atoms with E-state index in [1.165, 1.54) is 0 Å². The molecule has 0 saturated carbocycles. The maximum Gasteiger partial charge on any atom is 0.226 e. The fourth-order valence-electron chi connectivity index (χ4n) is 2.28. The molecule has 1 amide bonds. The summed E-state index contributed by atoms with van der Waals surface area (Å²) >= 11 is 0. The number of hydrogen-bond acceptors (Lipinski definition) is 3. The zero-order valence-corrected chi connectivity index (χ0v) is 11.2. The highest BCUT2D eigenvalue weighted by atomic mass is 16.3. The van der Waals surface area contributed by atoms with Crippen molar-refractivity contribution < 1.29 is 9.90 Å². The number of carbonyl (C=O) groups is 1. The van der Waals surface area contributed by atoms with E-state index in [-0.39, 0.29) is 24.0 Å². The van der Waals surface area contributed by atoms with Crippen molar-refractivity contribution in [2.45, 2.75) is 32.2 Å². The Hall–Kier alpha value is -1.68. The zero-order chi connectivity index (χ0) is 13.7. The molecule has 0 aliphatic heterocycles. The van der Waals surface area contributed by atoms with Crippen LogP contribution in [0.2, 0.25) is 0 Å². The molecule has 19 heavy (non-hydrogen) atoms. The summed E-state index contributed by atoms with van der Waals surface area (Å²) in [4.78, 5) is 16.3. The first-order valence-electron chi connectivity index (χ1n) is 6.60. The van der Waals surface area contributed by atoms with Gasteiger partial charge in [0.15, 0.2) is 0 Å². The number of rotatable bonds is 5. The van der Waals surface area contributed by atoms with Crippen molar-refractivity contribution in [2.24, 2.45) is 5.41 Å². The number of aliphatic hydroxyl groups is 1. The molecule has 1 aromatic heterocycles. The molecule has 1 aromatic rings. The first-order chi connectivity index (χ1) is 9.14. The number of amides is 1. The lowest BCUT2D eigenvalue weighted by molar-refractivity contribution is -0.130. The summed E-state index contributed by atoms with van der Waals surface area (Å²) in [5.41, 5.74) is 0.652. The maximum absolute atomic E-state index is 12.2. The topological polar surface area (TPSA) is 62.2 Å².